The van der Waals surface area contributed by atoms with E-state index in [0.29, 0.717) is 6.42 Å². The van der Waals surface area contributed by atoms with Gasteiger partial charge < -0.3 is 20.4 Å². The van der Waals surface area contributed by atoms with Crippen molar-refractivity contribution in [2.45, 2.75) is 39.3 Å². The second kappa shape index (κ2) is 9.12. The fourth-order valence-electron chi connectivity index (χ4n) is 2.00. The maximum atomic E-state index is 12.5. The highest BCUT2D eigenvalue weighted by Crippen LogP contribution is 2.12. The Morgan fingerprint density at radius 2 is 1.48 bits per heavy atom. The summed E-state index contributed by atoms with van der Waals surface area (Å²) in [6.07, 6.45) is 0.350. The summed E-state index contributed by atoms with van der Waals surface area (Å²) < 4.78 is 0. The number of carbonyl (C=O) groups excluding carboxylic acids is 4. The van der Waals surface area contributed by atoms with Crippen LogP contribution in [0.4, 0.5) is 0 Å². The molecule has 0 aliphatic carbocycles. The molecule has 0 rings (SSSR count). The minimum atomic E-state index is -0.818. The molecule has 3 atom stereocenters. The molecule has 23 heavy (non-hydrogen) atoms. The highest BCUT2D eigenvalue weighted by atomic mass is 16.2. The first kappa shape index (κ1) is 20.9. The zero-order valence-corrected chi connectivity index (χ0v) is 15.0. The lowest BCUT2D eigenvalue weighted by Gasteiger charge is -2.29. The van der Waals surface area contributed by atoms with Gasteiger partial charge >= 0.3 is 0 Å². The third-order valence-electron chi connectivity index (χ3n) is 3.75. The van der Waals surface area contributed by atoms with Crippen molar-refractivity contribution in [3.63, 3.8) is 0 Å². The molecule has 3 unspecified atom stereocenters. The number of nitrogens with zero attached hydrogens (tertiary/aromatic N) is 2. The second-order valence-electron chi connectivity index (χ2n) is 5.66. The Morgan fingerprint density at radius 1 is 0.957 bits per heavy atom. The highest BCUT2D eigenvalue weighted by molar-refractivity contribution is 6.01. The molecular weight excluding hydrogens is 300 g/mol. The molecule has 0 spiro atoms. The first-order valence-corrected chi connectivity index (χ1v) is 7.58. The first-order valence-electron chi connectivity index (χ1n) is 7.58. The van der Waals surface area contributed by atoms with Gasteiger partial charge in [0.2, 0.25) is 23.6 Å². The molecule has 8 nitrogen and oxygen atoms in total. The number of amides is 4. The summed E-state index contributed by atoms with van der Waals surface area (Å²) in [6, 6.07) is -1.50. The van der Waals surface area contributed by atoms with Crippen LogP contribution >= 0.6 is 0 Å². The summed E-state index contributed by atoms with van der Waals surface area (Å²) in [5, 5.41) is 4.97. The van der Waals surface area contributed by atoms with Gasteiger partial charge in [0.15, 0.2) is 0 Å². The molecule has 4 amide bonds. The summed E-state index contributed by atoms with van der Waals surface area (Å²) in [6.45, 7) is 4.85. The summed E-state index contributed by atoms with van der Waals surface area (Å²) in [5.74, 6) is -2.31. The zero-order valence-electron chi connectivity index (χ0n) is 15.0. The lowest BCUT2D eigenvalue weighted by Crippen LogP contribution is -2.53. The summed E-state index contributed by atoms with van der Waals surface area (Å²) in [5.41, 5.74) is 0. The zero-order chi connectivity index (χ0) is 18.3. The van der Waals surface area contributed by atoms with E-state index >= 15 is 0 Å². The molecular formula is C15H28N4O4. The number of hydrogen-bond acceptors (Lipinski definition) is 4. The summed E-state index contributed by atoms with van der Waals surface area (Å²) >= 11 is 0. The monoisotopic (exact) mass is 328 g/mol. The molecule has 0 fully saturated rings. The third kappa shape index (κ3) is 5.54. The van der Waals surface area contributed by atoms with E-state index in [1.54, 1.807) is 34.9 Å². The van der Waals surface area contributed by atoms with Crippen LogP contribution in [0.3, 0.4) is 0 Å². The minimum absolute atomic E-state index is 0.296. The van der Waals surface area contributed by atoms with E-state index < -0.39 is 29.8 Å². The van der Waals surface area contributed by atoms with Crippen LogP contribution in [0.1, 0.15) is 27.2 Å². The van der Waals surface area contributed by atoms with Crippen LogP contribution in [0, 0.1) is 5.92 Å². The largest absolute Gasteiger partial charge is 0.357 e. The summed E-state index contributed by atoms with van der Waals surface area (Å²) in [7, 11) is 6.12. The molecule has 8 heteroatoms. The molecule has 132 valence electrons. The Hall–Kier alpha value is -2.12. The van der Waals surface area contributed by atoms with E-state index in [-0.39, 0.29) is 11.8 Å². The number of likely N-dealkylation sites (N-methyl/N-ethyl adjacent to an activating group) is 2. The minimum Gasteiger partial charge on any atom is -0.357 e. The molecule has 0 saturated heterocycles. The Morgan fingerprint density at radius 3 is 1.87 bits per heavy atom. The quantitative estimate of drug-likeness (QED) is 0.598. The van der Waals surface area contributed by atoms with E-state index in [1.807, 2.05) is 0 Å². The molecule has 0 aromatic rings. The van der Waals surface area contributed by atoms with Crippen molar-refractivity contribution in [2.75, 3.05) is 28.2 Å². The van der Waals surface area contributed by atoms with Crippen molar-refractivity contribution in [1.29, 1.82) is 0 Å². The van der Waals surface area contributed by atoms with E-state index in [9.17, 15) is 19.2 Å². The van der Waals surface area contributed by atoms with Crippen LogP contribution in [0.15, 0.2) is 0 Å². The molecule has 0 saturated carbocycles. The number of hydrogen-bond donors (Lipinski definition) is 2. The predicted octanol–water partition coefficient (Wildman–Crippen LogP) is -0.802. The van der Waals surface area contributed by atoms with Crippen LogP contribution < -0.4 is 10.6 Å². The molecule has 0 radical (unpaired) electrons. The smallest absolute Gasteiger partial charge is 0.243 e. The predicted molar refractivity (Wildman–Crippen MR) is 86.4 cm³/mol. The maximum absolute atomic E-state index is 12.5. The van der Waals surface area contributed by atoms with Gasteiger partial charge in [-0.15, -0.1) is 0 Å². The molecule has 0 aliphatic rings. The van der Waals surface area contributed by atoms with Gasteiger partial charge in [-0.2, -0.15) is 0 Å². The molecule has 0 aromatic heterocycles. The average molecular weight is 328 g/mol. The number of rotatable bonds is 7. The molecule has 0 bridgehead atoms. The van der Waals surface area contributed by atoms with Gasteiger partial charge in [0, 0.05) is 28.2 Å². The van der Waals surface area contributed by atoms with Crippen molar-refractivity contribution < 1.29 is 19.2 Å². The van der Waals surface area contributed by atoms with Gasteiger partial charge in [-0.25, -0.2) is 0 Å². The molecule has 0 aromatic carbocycles. The topological polar surface area (TPSA) is 98.8 Å². The van der Waals surface area contributed by atoms with E-state index in [1.165, 1.54) is 23.9 Å². The van der Waals surface area contributed by atoms with Gasteiger partial charge in [-0.05, 0) is 20.3 Å². The van der Waals surface area contributed by atoms with Crippen molar-refractivity contribution >= 4 is 23.6 Å². The van der Waals surface area contributed by atoms with Gasteiger partial charge in [-0.1, -0.05) is 6.92 Å². The van der Waals surface area contributed by atoms with Crippen molar-refractivity contribution in [2.24, 2.45) is 5.92 Å². The van der Waals surface area contributed by atoms with Crippen molar-refractivity contribution in [3.05, 3.63) is 0 Å². The lowest BCUT2D eigenvalue weighted by molar-refractivity contribution is -0.149. The third-order valence-corrected chi connectivity index (χ3v) is 3.75. The molecule has 2 N–H and O–H groups in total. The van der Waals surface area contributed by atoms with Crippen molar-refractivity contribution in [3.8, 4) is 0 Å². The fraction of sp³-hybridized carbons (Fsp3) is 0.733. The SMILES string of the molecule is CCC(C(=O)N(C)C)C(=O)N(C)C(C)C(=O)NC(C)C(=O)NC. The van der Waals surface area contributed by atoms with E-state index in [0.717, 1.165) is 0 Å². The first-order chi connectivity index (χ1) is 10.6. The number of nitrogens with one attached hydrogen (secondary N) is 2. The molecule has 0 heterocycles. The Bertz CT molecular complexity index is 464. The summed E-state index contributed by atoms with van der Waals surface area (Å²) in [4.78, 5) is 50.7. The van der Waals surface area contributed by atoms with Gasteiger partial charge in [0.05, 0.1) is 0 Å². The highest BCUT2D eigenvalue weighted by Gasteiger charge is 2.33. The van der Waals surface area contributed by atoms with Crippen molar-refractivity contribution in [1.82, 2.24) is 20.4 Å². The number of carbonyl (C=O) groups is 4. The fourth-order valence-corrected chi connectivity index (χ4v) is 2.00. The van der Waals surface area contributed by atoms with Gasteiger partial charge in [0.1, 0.15) is 18.0 Å². The Kier molecular flexibility index (Phi) is 8.28. The molecule has 0 aliphatic heterocycles. The Balaban J connectivity index is 4.95. The van der Waals surface area contributed by atoms with Crippen LogP contribution in [-0.4, -0.2) is 73.7 Å². The lowest BCUT2D eigenvalue weighted by atomic mass is 10.0. The van der Waals surface area contributed by atoms with Crippen LogP contribution in [-0.2, 0) is 19.2 Å². The second-order valence-corrected chi connectivity index (χ2v) is 5.66. The van der Waals surface area contributed by atoms with Crippen LogP contribution in [0.25, 0.3) is 0 Å². The standard InChI is InChI=1S/C15H28N4O4/c1-8-11(14(22)18(5)6)15(23)19(7)10(3)13(21)17-9(2)12(20)16-4/h9-11H,8H2,1-7H3,(H,16,20)(H,17,21). The maximum Gasteiger partial charge on any atom is 0.243 e. The average Bonchev–Trinajstić information content (AvgIpc) is 2.52. The Labute approximate surface area is 137 Å². The normalized spacial score (nSPS) is 14.2. The van der Waals surface area contributed by atoms with Crippen LogP contribution in [0.2, 0.25) is 0 Å². The van der Waals surface area contributed by atoms with Crippen LogP contribution in [0.5, 0.6) is 0 Å². The van der Waals surface area contributed by atoms with Gasteiger partial charge in [-0.3, -0.25) is 19.2 Å². The van der Waals surface area contributed by atoms with Gasteiger partial charge in [0.25, 0.3) is 0 Å². The van der Waals surface area contributed by atoms with E-state index in [2.05, 4.69) is 10.6 Å². The van der Waals surface area contributed by atoms with E-state index in [4.69, 9.17) is 0 Å².